The van der Waals surface area contributed by atoms with Crippen LogP contribution in [-0.4, -0.2) is 16.6 Å². The molecule has 0 aliphatic rings. The summed E-state index contributed by atoms with van der Waals surface area (Å²) in [5.41, 5.74) is 8.69. The minimum absolute atomic E-state index is 0.485. The molecule has 0 aliphatic heterocycles. The number of rotatable bonds is 7. The third-order valence-corrected chi connectivity index (χ3v) is 3.13. The molecule has 0 saturated carbocycles. The molecule has 0 atom stereocenters. The van der Waals surface area contributed by atoms with E-state index < -0.39 is 0 Å². The van der Waals surface area contributed by atoms with E-state index in [1.807, 2.05) is 25.3 Å². The Bertz CT molecular complexity index is 586. The van der Waals surface area contributed by atoms with Gasteiger partial charge in [-0.3, -0.25) is 4.98 Å². The Morgan fingerprint density at radius 1 is 1.24 bits per heavy atom. The highest BCUT2D eigenvalue weighted by Crippen LogP contribution is 2.21. The first-order valence-corrected chi connectivity index (χ1v) is 7.30. The van der Waals surface area contributed by atoms with Crippen LogP contribution in [0, 0.1) is 0 Å². The first-order chi connectivity index (χ1) is 10.2. The van der Waals surface area contributed by atoms with E-state index in [-0.39, 0.29) is 0 Å². The number of nitrogens with two attached hydrogens (primary N) is 1. The number of pyridine rings is 2. The van der Waals surface area contributed by atoms with Crippen molar-refractivity contribution in [2.45, 2.75) is 33.2 Å². The molecule has 2 rings (SSSR count). The van der Waals surface area contributed by atoms with Crippen molar-refractivity contribution in [3.05, 3.63) is 41.7 Å². The lowest BCUT2D eigenvalue weighted by atomic mass is 10.1. The molecular formula is C16H22N4O. The molecule has 21 heavy (non-hydrogen) atoms. The van der Waals surface area contributed by atoms with Crippen LogP contribution in [0.1, 0.15) is 31.5 Å². The smallest absolute Gasteiger partial charge is 0.239 e. The average Bonchev–Trinajstić information content (AvgIpc) is 2.53. The maximum Gasteiger partial charge on any atom is 0.239 e. The van der Waals surface area contributed by atoms with Crippen LogP contribution < -0.4 is 15.8 Å². The van der Waals surface area contributed by atoms with Crippen LogP contribution >= 0.6 is 0 Å². The van der Waals surface area contributed by atoms with Crippen LogP contribution in [0.3, 0.4) is 0 Å². The van der Waals surface area contributed by atoms with Gasteiger partial charge in [0.1, 0.15) is 5.82 Å². The number of nitrogens with one attached hydrogen (secondary N) is 1. The molecule has 0 unspecified atom stereocenters. The lowest BCUT2D eigenvalue weighted by Crippen LogP contribution is -2.08. The highest BCUT2D eigenvalue weighted by molar-refractivity contribution is 5.53. The Labute approximate surface area is 125 Å². The molecule has 5 nitrogen and oxygen atoms in total. The summed E-state index contributed by atoms with van der Waals surface area (Å²) >= 11 is 0. The number of hydrogen-bond donors (Lipinski definition) is 2. The molecule has 0 aliphatic carbocycles. The van der Waals surface area contributed by atoms with Crippen LogP contribution in [-0.2, 0) is 13.0 Å². The Kier molecular flexibility index (Phi) is 5.37. The summed E-state index contributed by atoms with van der Waals surface area (Å²) < 4.78 is 5.53. The summed E-state index contributed by atoms with van der Waals surface area (Å²) in [7, 11) is 0. The first-order valence-electron chi connectivity index (χ1n) is 7.30. The van der Waals surface area contributed by atoms with E-state index in [0.29, 0.717) is 24.7 Å². The van der Waals surface area contributed by atoms with Gasteiger partial charge < -0.3 is 15.8 Å². The van der Waals surface area contributed by atoms with E-state index in [4.69, 9.17) is 10.5 Å². The molecule has 2 aromatic heterocycles. The van der Waals surface area contributed by atoms with Gasteiger partial charge in [-0.25, -0.2) is 0 Å². The SMILES string of the molecule is CCCOc1nc(NCc2ncccc2CC)ccc1N. The summed E-state index contributed by atoms with van der Waals surface area (Å²) in [6.45, 7) is 5.42. The van der Waals surface area contributed by atoms with Crippen molar-refractivity contribution in [3.63, 3.8) is 0 Å². The highest BCUT2D eigenvalue weighted by Gasteiger charge is 2.06. The quantitative estimate of drug-likeness (QED) is 0.818. The molecule has 3 N–H and O–H groups in total. The molecule has 5 heteroatoms. The van der Waals surface area contributed by atoms with Crippen LogP contribution in [0.4, 0.5) is 11.5 Å². The van der Waals surface area contributed by atoms with Gasteiger partial charge in [-0.05, 0) is 36.6 Å². The molecule has 2 heterocycles. The Hall–Kier alpha value is -2.30. The van der Waals surface area contributed by atoms with Crippen molar-refractivity contribution >= 4 is 11.5 Å². The van der Waals surface area contributed by atoms with E-state index >= 15 is 0 Å². The monoisotopic (exact) mass is 286 g/mol. The zero-order chi connectivity index (χ0) is 15.1. The van der Waals surface area contributed by atoms with Crippen molar-refractivity contribution in [1.29, 1.82) is 0 Å². The second-order valence-corrected chi connectivity index (χ2v) is 4.76. The van der Waals surface area contributed by atoms with E-state index in [9.17, 15) is 0 Å². The predicted molar refractivity (Wildman–Crippen MR) is 85.4 cm³/mol. The number of ether oxygens (including phenoxy) is 1. The molecule has 112 valence electrons. The largest absolute Gasteiger partial charge is 0.476 e. The maximum atomic E-state index is 5.86. The summed E-state index contributed by atoms with van der Waals surface area (Å²) in [6, 6.07) is 7.71. The fourth-order valence-corrected chi connectivity index (χ4v) is 1.99. The van der Waals surface area contributed by atoms with E-state index in [2.05, 4.69) is 28.3 Å². The molecule has 0 saturated heterocycles. The zero-order valence-electron chi connectivity index (χ0n) is 12.6. The second kappa shape index (κ2) is 7.47. The topological polar surface area (TPSA) is 73.1 Å². The van der Waals surface area contributed by atoms with Gasteiger partial charge in [0, 0.05) is 6.20 Å². The average molecular weight is 286 g/mol. The normalized spacial score (nSPS) is 10.4. The van der Waals surface area contributed by atoms with Gasteiger partial charge in [-0.15, -0.1) is 0 Å². The van der Waals surface area contributed by atoms with Gasteiger partial charge in [-0.2, -0.15) is 4.98 Å². The number of nitrogen functional groups attached to an aromatic ring is 1. The third kappa shape index (κ3) is 4.08. The van der Waals surface area contributed by atoms with E-state index in [1.165, 1.54) is 5.56 Å². The lowest BCUT2D eigenvalue weighted by Gasteiger charge is -2.11. The molecule has 0 radical (unpaired) electrons. The zero-order valence-corrected chi connectivity index (χ0v) is 12.6. The van der Waals surface area contributed by atoms with E-state index in [1.54, 1.807) is 6.07 Å². The summed E-state index contributed by atoms with van der Waals surface area (Å²) in [6.07, 6.45) is 3.69. The van der Waals surface area contributed by atoms with Crippen LogP contribution in [0.15, 0.2) is 30.5 Å². The van der Waals surface area contributed by atoms with Gasteiger partial charge in [0.2, 0.25) is 5.88 Å². The minimum atomic E-state index is 0.485. The van der Waals surface area contributed by atoms with Crippen molar-refractivity contribution in [1.82, 2.24) is 9.97 Å². The van der Waals surface area contributed by atoms with Crippen LogP contribution in [0.25, 0.3) is 0 Å². The lowest BCUT2D eigenvalue weighted by molar-refractivity contribution is 0.307. The Balaban J connectivity index is 2.06. The molecule has 0 amide bonds. The highest BCUT2D eigenvalue weighted by atomic mass is 16.5. The molecule has 0 aromatic carbocycles. The molecule has 0 fully saturated rings. The van der Waals surface area contributed by atoms with Gasteiger partial charge >= 0.3 is 0 Å². The standard InChI is InChI=1S/C16H22N4O/c1-3-10-21-16-13(17)7-8-15(20-16)19-11-14-12(4-2)6-5-9-18-14/h5-9H,3-4,10-11,17H2,1-2H3,(H,19,20). The number of aromatic nitrogens is 2. The minimum Gasteiger partial charge on any atom is -0.476 e. The van der Waals surface area contributed by atoms with Crippen molar-refractivity contribution < 1.29 is 4.74 Å². The maximum absolute atomic E-state index is 5.86. The van der Waals surface area contributed by atoms with Crippen molar-refractivity contribution in [3.8, 4) is 5.88 Å². The number of nitrogens with zero attached hydrogens (tertiary/aromatic N) is 2. The van der Waals surface area contributed by atoms with Crippen molar-refractivity contribution in [2.75, 3.05) is 17.7 Å². The van der Waals surface area contributed by atoms with Crippen LogP contribution in [0.2, 0.25) is 0 Å². The molecular weight excluding hydrogens is 264 g/mol. The number of hydrogen-bond acceptors (Lipinski definition) is 5. The van der Waals surface area contributed by atoms with E-state index in [0.717, 1.165) is 24.4 Å². The first kappa shape index (κ1) is 15.1. The van der Waals surface area contributed by atoms with Gasteiger partial charge in [0.15, 0.2) is 0 Å². The van der Waals surface area contributed by atoms with Gasteiger partial charge in [0.05, 0.1) is 24.5 Å². The van der Waals surface area contributed by atoms with Crippen LogP contribution in [0.5, 0.6) is 5.88 Å². The molecule has 0 spiro atoms. The molecule has 0 bridgehead atoms. The predicted octanol–water partition coefficient (Wildman–Crippen LogP) is 3.02. The fourth-order valence-electron chi connectivity index (χ4n) is 1.99. The Morgan fingerprint density at radius 3 is 2.86 bits per heavy atom. The summed E-state index contributed by atoms with van der Waals surface area (Å²) in [5.74, 6) is 1.22. The molecule has 2 aromatic rings. The Morgan fingerprint density at radius 2 is 2.10 bits per heavy atom. The summed E-state index contributed by atoms with van der Waals surface area (Å²) in [5, 5.41) is 3.27. The summed E-state index contributed by atoms with van der Waals surface area (Å²) in [4.78, 5) is 8.80. The fraction of sp³-hybridized carbons (Fsp3) is 0.375. The number of aryl methyl sites for hydroxylation is 1. The van der Waals surface area contributed by atoms with Crippen molar-refractivity contribution in [2.24, 2.45) is 0 Å². The van der Waals surface area contributed by atoms with Gasteiger partial charge in [-0.1, -0.05) is 19.9 Å². The second-order valence-electron chi connectivity index (χ2n) is 4.76. The van der Waals surface area contributed by atoms with Gasteiger partial charge in [0.25, 0.3) is 0 Å². The number of anilines is 2. The third-order valence-electron chi connectivity index (χ3n) is 3.13.